The molecule has 21 heavy (non-hydrogen) atoms. The predicted octanol–water partition coefficient (Wildman–Crippen LogP) is 2.69. The van der Waals surface area contributed by atoms with E-state index in [0.717, 1.165) is 10.7 Å². The van der Waals surface area contributed by atoms with Crippen molar-refractivity contribution >= 4 is 28.7 Å². The minimum atomic E-state index is -1.31. The summed E-state index contributed by atoms with van der Waals surface area (Å²) in [6.07, 6.45) is 0. The SMILES string of the molecule is Cc1nc(CN(C)c2ccc(C(=O)O)c([N+](=O)[O-])c2)cs1. The van der Waals surface area contributed by atoms with Gasteiger partial charge in [0, 0.05) is 24.2 Å². The van der Waals surface area contributed by atoms with Crippen molar-refractivity contribution in [2.45, 2.75) is 13.5 Å². The largest absolute Gasteiger partial charge is 0.477 e. The lowest BCUT2D eigenvalue weighted by Gasteiger charge is -2.18. The van der Waals surface area contributed by atoms with Crippen molar-refractivity contribution in [2.24, 2.45) is 0 Å². The summed E-state index contributed by atoms with van der Waals surface area (Å²) in [5.41, 5.74) is 0.699. The van der Waals surface area contributed by atoms with E-state index in [1.165, 1.54) is 23.5 Å². The summed E-state index contributed by atoms with van der Waals surface area (Å²) in [6, 6.07) is 4.07. The Morgan fingerprint density at radius 3 is 2.76 bits per heavy atom. The Morgan fingerprint density at radius 1 is 1.52 bits per heavy atom. The zero-order valence-electron chi connectivity index (χ0n) is 11.4. The summed E-state index contributed by atoms with van der Waals surface area (Å²) >= 11 is 1.53. The highest BCUT2D eigenvalue weighted by atomic mass is 32.1. The molecule has 1 aromatic heterocycles. The third-order valence-corrected chi connectivity index (χ3v) is 3.74. The predicted molar refractivity (Wildman–Crippen MR) is 79.0 cm³/mol. The van der Waals surface area contributed by atoms with E-state index in [1.54, 1.807) is 18.0 Å². The maximum Gasteiger partial charge on any atom is 0.342 e. The number of nitro benzene ring substituents is 1. The van der Waals surface area contributed by atoms with Gasteiger partial charge in [-0.25, -0.2) is 9.78 Å². The van der Waals surface area contributed by atoms with Crippen molar-refractivity contribution in [3.63, 3.8) is 0 Å². The first-order chi connectivity index (χ1) is 9.88. The van der Waals surface area contributed by atoms with E-state index in [1.807, 2.05) is 12.3 Å². The molecule has 2 aromatic rings. The van der Waals surface area contributed by atoms with Crippen LogP contribution in [0.2, 0.25) is 0 Å². The molecular weight excluding hydrogens is 294 g/mol. The normalized spacial score (nSPS) is 10.4. The summed E-state index contributed by atoms with van der Waals surface area (Å²) < 4.78 is 0. The minimum absolute atomic E-state index is 0.318. The van der Waals surface area contributed by atoms with Crippen molar-refractivity contribution in [3.8, 4) is 0 Å². The second-order valence-electron chi connectivity index (χ2n) is 4.48. The van der Waals surface area contributed by atoms with Crippen LogP contribution >= 0.6 is 11.3 Å². The van der Waals surface area contributed by atoms with Crippen LogP contribution in [0.1, 0.15) is 21.1 Å². The van der Waals surface area contributed by atoms with E-state index < -0.39 is 16.6 Å². The molecule has 110 valence electrons. The summed E-state index contributed by atoms with van der Waals surface area (Å²) in [4.78, 5) is 27.4. The number of aromatic carboxylic acids is 1. The molecule has 0 unspecified atom stereocenters. The van der Waals surface area contributed by atoms with Crippen LogP contribution in [-0.2, 0) is 6.54 Å². The maximum atomic E-state index is 11.0. The highest BCUT2D eigenvalue weighted by molar-refractivity contribution is 7.09. The number of carboxylic acids is 1. The van der Waals surface area contributed by atoms with Gasteiger partial charge in [0.25, 0.3) is 5.69 Å². The van der Waals surface area contributed by atoms with Crippen molar-refractivity contribution in [1.82, 2.24) is 4.98 Å². The fourth-order valence-corrected chi connectivity index (χ4v) is 2.51. The van der Waals surface area contributed by atoms with Crippen molar-refractivity contribution in [3.05, 3.63) is 50.0 Å². The Labute approximate surface area is 124 Å². The monoisotopic (exact) mass is 307 g/mol. The molecule has 7 nitrogen and oxygen atoms in total. The van der Waals surface area contributed by atoms with Gasteiger partial charge in [0.2, 0.25) is 0 Å². The van der Waals surface area contributed by atoms with Crippen LogP contribution in [-0.4, -0.2) is 28.0 Å². The van der Waals surface area contributed by atoms with E-state index in [9.17, 15) is 14.9 Å². The number of nitrogens with zero attached hydrogens (tertiary/aromatic N) is 3. The molecule has 0 saturated heterocycles. The number of aryl methyl sites for hydroxylation is 1. The third kappa shape index (κ3) is 3.34. The van der Waals surface area contributed by atoms with Gasteiger partial charge >= 0.3 is 5.97 Å². The van der Waals surface area contributed by atoms with E-state index in [2.05, 4.69) is 4.98 Å². The molecule has 2 rings (SSSR count). The number of rotatable bonds is 5. The number of carboxylic acid groups (broad SMARTS) is 1. The standard InChI is InChI=1S/C13H13N3O4S/c1-8-14-9(7-21-8)6-15(2)10-3-4-11(13(17)18)12(5-10)16(19)20/h3-5,7H,6H2,1-2H3,(H,17,18). The number of carbonyl (C=O) groups is 1. The molecule has 0 radical (unpaired) electrons. The molecule has 1 heterocycles. The molecular formula is C13H13N3O4S. The molecule has 0 bridgehead atoms. The highest BCUT2D eigenvalue weighted by Crippen LogP contribution is 2.26. The second kappa shape index (κ2) is 5.88. The molecule has 1 aromatic carbocycles. The summed E-state index contributed by atoms with van der Waals surface area (Å²) in [7, 11) is 1.77. The van der Waals surface area contributed by atoms with Crippen molar-refractivity contribution in [1.29, 1.82) is 0 Å². The van der Waals surface area contributed by atoms with Gasteiger partial charge in [-0.1, -0.05) is 0 Å². The van der Waals surface area contributed by atoms with E-state index >= 15 is 0 Å². The smallest absolute Gasteiger partial charge is 0.342 e. The van der Waals surface area contributed by atoms with Crippen LogP contribution in [0, 0.1) is 17.0 Å². The van der Waals surface area contributed by atoms with Gasteiger partial charge in [-0.3, -0.25) is 10.1 Å². The van der Waals surface area contributed by atoms with Crippen LogP contribution in [0.3, 0.4) is 0 Å². The molecule has 0 fully saturated rings. The Kier molecular flexibility index (Phi) is 4.18. The van der Waals surface area contributed by atoms with Gasteiger partial charge in [0.1, 0.15) is 5.56 Å². The third-order valence-electron chi connectivity index (χ3n) is 2.91. The number of hydrogen-bond donors (Lipinski definition) is 1. The lowest BCUT2D eigenvalue weighted by Crippen LogP contribution is -2.17. The van der Waals surface area contributed by atoms with Crippen molar-refractivity contribution < 1.29 is 14.8 Å². The van der Waals surface area contributed by atoms with Crippen LogP contribution < -0.4 is 4.90 Å². The second-order valence-corrected chi connectivity index (χ2v) is 5.54. The Morgan fingerprint density at radius 2 is 2.24 bits per heavy atom. The van der Waals surface area contributed by atoms with Gasteiger partial charge in [-0.05, 0) is 19.1 Å². The Balaban J connectivity index is 2.29. The fraction of sp³-hybridized carbons (Fsp3) is 0.231. The summed E-state index contributed by atoms with van der Waals surface area (Å²) in [5, 5.41) is 22.8. The van der Waals surface area contributed by atoms with Gasteiger partial charge in [-0.2, -0.15) is 0 Å². The van der Waals surface area contributed by atoms with E-state index in [4.69, 9.17) is 5.11 Å². The number of anilines is 1. The average molecular weight is 307 g/mol. The van der Waals surface area contributed by atoms with Crippen LogP contribution in [0.15, 0.2) is 23.6 Å². The zero-order chi connectivity index (χ0) is 15.6. The molecule has 0 saturated carbocycles. The Hall–Kier alpha value is -2.48. The number of benzene rings is 1. The van der Waals surface area contributed by atoms with Gasteiger partial charge in [0.05, 0.1) is 22.2 Å². The molecule has 0 amide bonds. The average Bonchev–Trinajstić information content (AvgIpc) is 2.83. The molecule has 8 heteroatoms. The lowest BCUT2D eigenvalue weighted by molar-refractivity contribution is -0.385. The first-order valence-corrected chi connectivity index (χ1v) is 6.90. The number of hydrogen-bond acceptors (Lipinski definition) is 6. The quantitative estimate of drug-likeness (QED) is 0.674. The first-order valence-electron chi connectivity index (χ1n) is 6.02. The minimum Gasteiger partial charge on any atom is -0.477 e. The number of nitro groups is 1. The molecule has 0 aliphatic carbocycles. The molecule has 0 aliphatic heterocycles. The first kappa shape index (κ1) is 14.9. The molecule has 0 spiro atoms. The van der Waals surface area contributed by atoms with Gasteiger partial charge in [-0.15, -0.1) is 11.3 Å². The molecule has 0 aliphatic rings. The summed E-state index contributed by atoms with van der Waals surface area (Å²) in [5.74, 6) is -1.31. The van der Waals surface area contributed by atoms with Crippen LogP contribution in [0.25, 0.3) is 0 Å². The topological polar surface area (TPSA) is 96.6 Å². The van der Waals surface area contributed by atoms with E-state index in [-0.39, 0.29) is 5.56 Å². The fourth-order valence-electron chi connectivity index (χ4n) is 1.90. The molecule has 1 N–H and O–H groups in total. The Bertz CT molecular complexity index is 698. The number of aromatic nitrogens is 1. The lowest BCUT2D eigenvalue weighted by atomic mass is 10.1. The van der Waals surface area contributed by atoms with Gasteiger partial charge < -0.3 is 10.0 Å². The number of thiazole rings is 1. The zero-order valence-corrected chi connectivity index (χ0v) is 12.3. The molecule has 0 atom stereocenters. The maximum absolute atomic E-state index is 11.0. The van der Waals surface area contributed by atoms with Gasteiger partial charge in [0.15, 0.2) is 0 Å². The van der Waals surface area contributed by atoms with Crippen LogP contribution in [0.4, 0.5) is 11.4 Å². The van der Waals surface area contributed by atoms with Crippen molar-refractivity contribution in [2.75, 3.05) is 11.9 Å². The highest BCUT2D eigenvalue weighted by Gasteiger charge is 2.21. The summed E-state index contributed by atoms with van der Waals surface area (Å²) in [6.45, 7) is 2.40. The van der Waals surface area contributed by atoms with E-state index in [0.29, 0.717) is 12.2 Å². The van der Waals surface area contributed by atoms with Crippen LogP contribution in [0.5, 0.6) is 0 Å².